The summed E-state index contributed by atoms with van der Waals surface area (Å²) < 4.78 is 31.4. The van der Waals surface area contributed by atoms with E-state index < -0.39 is 29.7 Å². The Balaban J connectivity index is 2.73. The maximum Gasteiger partial charge on any atom is 0.330 e. The highest BCUT2D eigenvalue weighted by Crippen LogP contribution is 2.11. The molecule has 5 nitrogen and oxygen atoms in total. The molecule has 1 atom stereocenters. The van der Waals surface area contributed by atoms with Crippen molar-refractivity contribution in [2.45, 2.75) is 38.6 Å². The fraction of sp³-hybridized carbons (Fsp3) is 0.444. The van der Waals surface area contributed by atoms with Crippen molar-refractivity contribution < 1.29 is 23.1 Å². The Labute approximate surface area is 146 Å². The molecule has 0 bridgehead atoms. The number of nitrogens with one attached hydrogen (secondary N) is 2. The third-order valence-corrected chi connectivity index (χ3v) is 3.32. The average Bonchev–Trinajstić information content (AvgIpc) is 2.55. The number of esters is 1. The second kappa shape index (κ2) is 11.0. The number of amides is 2. The SMILES string of the molecule is C#CCOC(=O)[C@H](Cc1cc(F)cc(F)c1)NC(=O)NCCCCC. The van der Waals surface area contributed by atoms with E-state index in [9.17, 15) is 18.4 Å². The van der Waals surface area contributed by atoms with Gasteiger partial charge >= 0.3 is 12.0 Å². The van der Waals surface area contributed by atoms with Gasteiger partial charge in [0.15, 0.2) is 6.61 Å². The Bertz CT molecular complexity index is 609. The molecule has 0 aromatic heterocycles. The lowest BCUT2D eigenvalue weighted by molar-refractivity contribution is -0.144. The number of halogens is 2. The van der Waals surface area contributed by atoms with Crippen molar-refractivity contribution in [3.63, 3.8) is 0 Å². The molecule has 136 valence electrons. The lowest BCUT2D eigenvalue weighted by Gasteiger charge is -2.18. The molecule has 1 aromatic carbocycles. The fourth-order valence-electron chi connectivity index (χ4n) is 2.16. The number of ether oxygens (including phenoxy) is 1. The molecule has 0 unspecified atom stereocenters. The normalized spacial score (nSPS) is 11.3. The fourth-order valence-corrected chi connectivity index (χ4v) is 2.16. The Kier molecular flexibility index (Phi) is 9.01. The Morgan fingerprint density at radius 2 is 1.92 bits per heavy atom. The molecule has 0 aliphatic rings. The molecule has 25 heavy (non-hydrogen) atoms. The van der Waals surface area contributed by atoms with E-state index in [4.69, 9.17) is 11.2 Å². The van der Waals surface area contributed by atoms with Gasteiger partial charge in [0.1, 0.15) is 17.7 Å². The van der Waals surface area contributed by atoms with Crippen LogP contribution in [0.2, 0.25) is 0 Å². The van der Waals surface area contributed by atoms with Crippen molar-refractivity contribution in [2.24, 2.45) is 0 Å². The van der Waals surface area contributed by atoms with E-state index in [2.05, 4.69) is 16.6 Å². The van der Waals surface area contributed by atoms with Gasteiger partial charge < -0.3 is 15.4 Å². The molecule has 1 aromatic rings. The summed E-state index contributed by atoms with van der Waals surface area (Å²) in [6.07, 6.45) is 7.70. The minimum Gasteiger partial charge on any atom is -0.451 e. The lowest BCUT2D eigenvalue weighted by Crippen LogP contribution is -2.48. The van der Waals surface area contributed by atoms with Crippen LogP contribution in [-0.2, 0) is 16.0 Å². The van der Waals surface area contributed by atoms with Crippen LogP contribution in [0.15, 0.2) is 18.2 Å². The summed E-state index contributed by atoms with van der Waals surface area (Å²) in [4.78, 5) is 23.9. The van der Waals surface area contributed by atoms with Gasteiger partial charge in [-0.15, -0.1) is 6.42 Å². The van der Waals surface area contributed by atoms with Crippen LogP contribution in [0.25, 0.3) is 0 Å². The first-order valence-electron chi connectivity index (χ1n) is 8.05. The molecule has 0 heterocycles. The second-order valence-electron chi connectivity index (χ2n) is 5.45. The molecule has 1 rings (SSSR count). The predicted octanol–water partition coefficient (Wildman–Crippen LogP) is 2.54. The third-order valence-electron chi connectivity index (χ3n) is 3.32. The Morgan fingerprint density at radius 1 is 1.24 bits per heavy atom. The monoisotopic (exact) mass is 352 g/mol. The van der Waals surface area contributed by atoms with Gasteiger partial charge in [0.2, 0.25) is 0 Å². The highest BCUT2D eigenvalue weighted by molar-refractivity contribution is 5.83. The first-order valence-corrected chi connectivity index (χ1v) is 8.05. The Morgan fingerprint density at radius 3 is 2.52 bits per heavy atom. The van der Waals surface area contributed by atoms with E-state index in [1.165, 1.54) is 0 Å². The quantitative estimate of drug-likeness (QED) is 0.408. The molecule has 2 N–H and O–H groups in total. The number of unbranched alkanes of at least 4 members (excludes halogenated alkanes) is 2. The van der Waals surface area contributed by atoms with E-state index in [0.29, 0.717) is 6.54 Å². The van der Waals surface area contributed by atoms with Crippen LogP contribution in [0.1, 0.15) is 31.7 Å². The van der Waals surface area contributed by atoms with Crippen molar-refractivity contribution in [3.8, 4) is 12.3 Å². The van der Waals surface area contributed by atoms with Crippen molar-refractivity contribution in [2.75, 3.05) is 13.2 Å². The van der Waals surface area contributed by atoms with Gasteiger partial charge in [0.05, 0.1) is 0 Å². The first kappa shape index (κ1) is 20.4. The number of carbonyl (C=O) groups is 2. The highest BCUT2D eigenvalue weighted by Gasteiger charge is 2.23. The van der Waals surface area contributed by atoms with Crippen LogP contribution in [0.3, 0.4) is 0 Å². The maximum absolute atomic E-state index is 13.3. The topological polar surface area (TPSA) is 67.4 Å². The molecule has 0 aliphatic heterocycles. The zero-order valence-corrected chi connectivity index (χ0v) is 14.1. The Hall–Kier alpha value is -2.62. The molecule has 7 heteroatoms. The molecule has 0 saturated carbocycles. The number of carbonyl (C=O) groups excluding carboxylic acids is 2. The standard InChI is InChI=1S/C18H22F2N2O3/c1-3-5-6-7-21-18(24)22-16(17(23)25-8-4-2)11-13-9-14(19)12-15(20)10-13/h2,9-10,12,16H,3,5-8,11H2,1H3,(H2,21,22,24)/t16-/m0/s1. The summed E-state index contributed by atoms with van der Waals surface area (Å²) in [6, 6.07) is 1.23. The van der Waals surface area contributed by atoms with E-state index in [1.54, 1.807) is 0 Å². The van der Waals surface area contributed by atoms with Gasteiger partial charge in [-0.25, -0.2) is 18.4 Å². The van der Waals surface area contributed by atoms with E-state index in [-0.39, 0.29) is 18.6 Å². The van der Waals surface area contributed by atoms with Crippen molar-refractivity contribution in [3.05, 3.63) is 35.4 Å². The molecule has 0 radical (unpaired) electrons. The zero-order valence-electron chi connectivity index (χ0n) is 14.1. The molecular formula is C18H22F2N2O3. The third kappa shape index (κ3) is 8.15. The molecular weight excluding hydrogens is 330 g/mol. The van der Waals surface area contributed by atoms with Gasteiger partial charge in [-0.05, 0) is 24.1 Å². The number of hydrogen-bond acceptors (Lipinski definition) is 3. The summed E-state index contributed by atoms with van der Waals surface area (Å²) in [6.45, 7) is 2.24. The smallest absolute Gasteiger partial charge is 0.330 e. The van der Waals surface area contributed by atoms with Crippen molar-refractivity contribution in [1.29, 1.82) is 0 Å². The van der Waals surface area contributed by atoms with Gasteiger partial charge in [-0.1, -0.05) is 25.7 Å². The summed E-state index contributed by atoms with van der Waals surface area (Å²) in [5.41, 5.74) is 0.214. The lowest BCUT2D eigenvalue weighted by atomic mass is 10.1. The molecule has 0 fully saturated rings. The summed E-state index contributed by atoms with van der Waals surface area (Å²) in [7, 11) is 0. The van der Waals surface area contributed by atoms with Crippen molar-refractivity contribution >= 4 is 12.0 Å². The molecule has 0 aliphatic carbocycles. The average molecular weight is 352 g/mol. The largest absolute Gasteiger partial charge is 0.451 e. The van der Waals surface area contributed by atoms with Crippen LogP contribution in [0.4, 0.5) is 13.6 Å². The minimum atomic E-state index is -1.11. The zero-order chi connectivity index (χ0) is 18.7. The van der Waals surface area contributed by atoms with Gasteiger partial charge in [-0.3, -0.25) is 0 Å². The van der Waals surface area contributed by atoms with Crippen LogP contribution in [0, 0.1) is 24.0 Å². The molecule has 2 amide bonds. The number of hydrogen-bond donors (Lipinski definition) is 2. The van der Waals surface area contributed by atoms with Gasteiger partial charge in [0, 0.05) is 19.0 Å². The van der Waals surface area contributed by atoms with Gasteiger partial charge in [0.25, 0.3) is 0 Å². The van der Waals surface area contributed by atoms with Crippen LogP contribution >= 0.6 is 0 Å². The summed E-state index contributed by atoms with van der Waals surface area (Å²) in [5.74, 6) is -0.164. The van der Waals surface area contributed by atoms with Crippen LogP contribution < -0.4 is 10.6 Å². The van der Waals surface area contributed by atoms with Gasteiger partial charge in [-0.2, -0.15) is 0 Å². The number of terminal acetylenes is 1. The summed E-state index contributed by atoms with van der Waals surface area (Å²) >= 11 is 0. The summed E-state index contributed by atoms with van der Waals surface area (Å²) in [5, 5.41) is 5.07. The van der Waals surface area contributed by atoms with E-state index in [0.717, 1.165) is 37.5 Å². The van der Waals surface area contributed by atoms with E-state index >= 15 is 0 Å². The number of rotatable bonds is 9. The van der Waals surface area contributed by atoms with E-state index in [1.807, 2.05) is 6.92 Å². The van der Waals surface area contributed by atoms with Crippen LogP contribution in [-0.4, -0.2) is 31.2 Å². The molecule has 0 spiro atoms. The second-order valence-corrected chi connectivity index (χ2v) is 5.45. The highest BCUT2D eigenvalue weighted by atomic mass is 19.1. The predicted molar refractivity (Wildman–Crippen MR) is 89.7 cm³/mol. The first-order chi connectivity index (χ1) is 12.0. The number of urea groups is 1. The maximum atomic E-state index is 13.3. The molecule has 0 saturated heterocycles. The number of benzene rings is 1. The van der Waals surface area contributed by atoms with Crippen LogP contribution in [0.5, 0.6) is 0 Å². The van der Waals surface area contributed by atoms with Crippen molar-refractivity contribution in [1.82, 2.24) is 10.6 Å². The minimum absolute atomic E-state index is 0.125.